The molecule has 0 aliphatic carbocycles. The first-order valence-corrected chi connectivity index (χ1v) is 11.4. The molecule has 7 heteroatoms. The molecule has 2 aromatic carbocycles. The standard InChI is InChI=1S/C22H21BrClN3OS/c1-15-10-18(16(2)27(15)20-8-5-7-19(23)11-20)12-25-26-22(28)14-29-13-17-6-3-4-9-21(17)24/h3-12H,13-14H2,1-2H3,(H,26,28)/b25-12-. The number of hydrazone groups is 1. The van der Waals surface area contributed by atoms with Crippen LogP contribution in [0.2, 0.25) is 5.02 Å². The van der Waals surface area contributed by atoms with Crippen LogP contribution in [0.3, 0.4) is 0 Å². The minimum atomic E-state index is -0.140. The van der Waals surface area contributed by atoms with Gasteiger partial charge >= 0.3 is 0 Å². The Hall–Kier alpha value is -2.02. The zero-order valence-corrected chi connectivity index (χ0v) is 19.3. The Morgan fingerprint density at radius 2 is 2.00 bits per heavy atom. The highest BCUT2D eigenvalue weighted by Gasteiger charge is 2.10. The molecule has 0 aliphatic heterocycles. The number of hydrogen-bond acceptors (Lipinski definition) is 3. The first-order valence-electron chi connectivity index (χ1n) is 9.03. The van der Waals surface area contributed by atoms with Gasteiger partial charge in [-0.1, -0.05) is 51.8 Å². The first-order chi connectivity index (χ1) is 14.0. The van der Waals surface area contributed by atoms with Crippen molar-refractivity contribution in [3.63, 3.8) is 0 Å². The lowest BCUT2D eigenvalue weighted by atomic mass is 10.2. The van der Waals surface area contributed by atoms with Gasteiger partial charge < -0.3 is 4.57 Å². The largest absolute Gasteiger partial charge is 0.318 e. The van der Waals surface area contributed by atoms with E-state index in [1.165, 1.54) is 11.8 Å². The topological polar surface area (TPSA) is 46.4 Å². The van der Waals surface area contributed by atoms with Crippen LogP contribution in [0.1, 0.15) is 22.5 Å². The minimum absolute atomic E-state index is 0.140. The van der Waals surface area contributed by atoms with Crippen LogP contribution in [0, 0.1) is 13.8 Å². The molecule has 3 rings (SSSR count). The van der Waals surface area contributed by atoms with Gasteiger partial charge in [0.05, 0.1) is 12.0 Å². The van der Waals surface area contributed by atoms with Crippen LogP contribution in [-0.4, -0.2) is 22.4 Å². The molecule has 0 unspecified atom stereocenters. The molecule has 4 nitrogen and oxygen atoms in total. The molecule has 0 atom stereocenters. The quantitative estimate of drug-likeness (QED) is 0.331. The van der Waals surface area contributed by atoms with Gasteiger partial charge in [0.15, 0.2) is 0 Å². The third kappa shape index (κ3) is 5.75. The predicted octanol–water partition coefficient (Wildman–Crippen LogP) is 5.89. The first kappa shape index (κ1) is 21.7. The van der Waals surface area contributed by atoms with E-state index in [9.17, 15) is 4.79 Å². The lowest BCUT2D eigenvalue weighted by Gasteiger charge is -2.09. The second kappa shape index (κ2) is 10.1. The molecule has 0 saturated heterocycles. The Morgan fingerprint density at radius 1 is 1.21 bits per heavy atom. The average molecular weight is 491 g/mol. The van der Waals surface area contributed by atoms with E-state index in [-0.39, 0.29) is 5.91 Å². The van der Waals surface area contributed by atoms with Gasteiger partial charge in [0.1, 0.15) is 0 Å². The molecular weight excluding hydrogens is 470 g/mol. The van der Waals surface area contributed by atoms with Crippen molar-refractivity contribution in [1.82, 2.24) is 9.99 Å². The zero-order valence-electron chi connectivity index (χ0n) is 16.2. The minimum Gasteiger partial charge on any atom is -0.318 e. The molecule has 1 amide bonds. The van der Waals surface area contributed by atoms with E-state index in [1.807, 2.05) is 43.3 Å². The Labute approximate surface area is 188 Å². The zero-order chi connectivity index (χ0) is 20.8. The van der Waals surface area contributed by atoms with Crippen LogP contribution < -0.4 is 5.43 Å². The Bertz CT molecular complexity index is 1050. The van der Waals surface area contributed by atoms with E-state index in [4.69, 9.17) is 11.6 Å². The van der Waals surface area contributed by atoms with E-state index in [2.05, 4.69) is 56.1 Å². The van der Waals surface area contributed by atoms with Gasteiger partial charge in [-0.05, 0) is 49.7 Å². The summed E-state index contributed by atoms with van der Waals surface area (Å²) in [4.78, 5) is 12.0. The van der Waals surface area contributed by atoms with Crippen LogP contribution in [0.25, 0.3) is 5.69 Å². The normalized spacial score (nSPS) is 11.2. The molecule has 0 aliphatic rings. The van der Waals surface area contributed by atoms with Crippen molar-refractivity contribution >= 4 is 51.4 Å². The van der Waals surface area contributed by atoms with Gasteiger partial charge in [-0.2, -0.15) is 5.10 Å². The van der Waals surface area contributed by atoms with E-state index < -0.39 is 0 Å². The number of benzene rings is 2. The summed E-state index contributed by atoms with van der Waals surface area (Å²) in [6, 6.07) is 17.8. The summed E-state index contributed by atoms with van der Waals surface area (Å²) < 4.78 is 3.19. The van der Waals surface area contributed by atoms with Gasteiger partial charge in [-0.3, -0.25) is 4.79 Å². The molecule has 0 fully saturated rings. The van der Waals surface area contributed by atoms with Crippen LogP contribution in [0.15, 0.2) is 64.2 Å². The van der Waals surface area contributed by atoms with Crippen molar-refractivity contribution < 1.29 is 4.79 Å². The van der Waals surface area contributed by atoms with Crippen LogP contribution in [0.5, 0.6) is 0 Å². The lowest BCUT2D eigenvalue weighted by molar-refractivity contribution is -0.118. The highest BCUT2D eigenvalue weighted by molar-refractivity contribution is 9.10. The van der Waals surface area contributed by atoms with Crippen molar-refractivity contribution in [2.75, 3.05) is 5.75 Å². The Morgan fingerprint density at radius 3 is 2.76 bits per heavy atom. The fraction of sp³-hybridized carbons (Fsp3) is 0.182. The molecule has 1 aromatic heterocycles. The number of aromatic nitrogens is 1. The predicted molar refractivity (Wildman–Crippen MR) is 126 cm³/mol. The molecular formula is C22H21BrClN3OS. The molecule has 3 aromatic rings. The molecule has 150 valence electrons. The summed E-state index contributed by atoms with van der Waals surface area (Å²) in [7, 11) is 0. The Balaban J connectivity index is 1.57. The highest BCUT2D eigenvalue weighted by atomic mass is 79.9. The van der Waals surface area contributed by atoms with E-state index in [0.717, 1.165) is 37.7 Å². The summed E-state index contributed by atoms with van der Waals surface area (Å²) in [5.74, 6) is 0.864. The number of nitrogens with zero attached hydrogens (tertiary/aromatic N) is 2. The number of thioether (sulfide) groups is 1. The average Bonchev–Trinajstić information content (AvgIpc) is 2.97. The van der Waals surface area contributed by atoms with Crippen molar-refractivity contribution in [3.05, 3.63) is 86.6 Å². The highest BCUT2D eigenvalue weighted by Crippen LogP contribution is 2.23. The smallest absolute Gasteiger partial charge is 0.250 e. The summed E-state index contributed by atoms with van der Waals surface area (Å²) in [6.45, 7) is 4.09. The van der Waals surface area contributed by atoms with Crippen molar-refractivity contribution in [1.29, 1.82) is 0 Å². The fourth-order valence-electron chi connectivity index (χ4n) is 3.01. The molecule has 1 heterocycles. The van der Waals surface area contributed by atoms with Crippen LogP contribution >= 0.6 is 39.3 Å². The maximum Gasteiger partial charge on any atom is 0.250 e. The number of amides is 1. The molecule has 0 bridgehead atoms. The second-order valence-corrected chi connectivity index (χ2v) is 8.83. The van der Waals surface area contributed by atoms with E-state index >= 15 is 0 Å². The molecule has 0 radical (unpaired) electrons. The second-order valence-electron chi connectivity index (χ2n) is 6.52. The molecule has 0 saturated carbocycles. The molecule has 0 spiro atoms. The summed E-state index contributed by atoms with van der Waals surface area (Å²) >= 11 is 11.2. The number of aryl methyl sites for hydroxylation is 1. The van der Waals surface area contributed by atoms with Gasteiger partial charge in [-0.25, -0.2) is 5.43 Å². The van der Waals surface area contributed by atoms with Gasteiger partial charge in [-0.15, -0.1) is 11.8 Å². The third-order valence-corrected chi connectivity index (χ3v) is 6.22. The number of halogens is 2. The molecule has 1 N–H and O–H groups in total. The number of hydrogen-bond donors (Lipinski definition) is 1. The number of carbonyl (C=O) groups excluding carboxylic acids is 1. The maximum atomic E-state index is 12.0. The van der Waals surface area contributed by atoms with Crippen molar-refractivity contribution in [2.45, 2.75) is 19.6 Å². The molecule has 29 heavy (non-hydrogen) atoms. The van der Waals surface area contributed by atoms with Gasteiger partial charge in [0, 0.05) is 37.9 Å². The van der Waals surface area contributed by atoms with Crippen molar-refractivity contribution in [3.8, 4) is 5.69 Å². The van der Waals surface area contributed by atoms with Gasteiger partial charge in [0.25, 0.3) is 0 Å². The number of carbonyl (C=O) groups is 1. The van der Waals surface area contributed by atoms with Crippen LogP contribution in [-0.2, 0) is 10.5 Å². The summed E-state index contributed by atoms with van der Waals surface area (Å²) in [5, 5.41) is 4.85. The van der Waals surface area contributed by atoms with Crippen molar-refractivity contribution in [2.24, 2.45) is 5.10 Å². The van der Waals surface area contributed by atoms with E-state index in [0.29, 0.717) is 11.5 Å². The summed E-state index contributed by atoms with van der Waals surface area (Å²) in [6.07, 6.45) is 1.69. The van der Waals surface area contributed by atoms with E-state index in [1.54, 1.807) is 6.21 Å². The Kier molecular flexibility index (Phi) is 7.58. The maximum absolute atomic E-state index is 12.0. The van der Waals surface area contributed by atoms with Crippen LogP contribution in [0.4, 0.5) is 0 Å². The number of nitrogens with one attached hydrogen (secondary N) is 1. The van der Waals surface area contributed by atoms with Gasteiger partial charge in [0.2, 0.25) is 5.91 Å². The number of rotatable bonds is 7. The lowest BCUT2D eigenvalue weighted by Crippen LogP contribution is -2.19. The third-order valence-electron chi connectivity index (χ3n) is 4.38. The fourth-order valence-corrected chi connectivity index (χ4v) is 4.50. The summed E-state index contributed by atoms with van der Waals surface area (Å²) in [5.41, 5.74) is 7.82. The SMILES string of the molecule is Cc1cc(/C=N\NC(=O)CSCc2ccccc2Cl)c(C)n1-c1cccc(Br)c1. The monoisotopic (exact) mass is 489 g/mol.